The molecular weight excluding hydrogens is 185 g/mol. The van der Waals surface area contributed by atoms with E-state index in [1.807, 2.05) is 0 Å². The third kappa shape index (κ3) is 1.70. The van der Waals surface area contributed by atoms with E-state index >= 15 is 0 Å². The fraction of sp³-hybridized carbons (Fsp3) is 0.143. The first kappa shape index (κ1) is 8.50. The standard InChI is InChI=1S/C7H5Cl2NO/c1-4-2-10-3-5(6(4)8)7(9)11/h2-3H,1H3. The zero-order chi connectivity index (χ0) is 8.43. The first-order valence-electron chi connectivity index (χ1n) is 2.93. The Bertz CT molecular complexity index is 298. The van der Waals surface area contributed by atoms with Crippen molar-refractivity contribution in [2.24, 2.45) is 0 Å². The van der Waals surface area contributed by atoms with E-state index in [0.717, 1.165) is 5.56 Å². The fourth-order valence-electron chi connectivity index (χ4n) is 0.686. The number of hydrogen-bond donors (Lipinski definition) is 0. The van der Waals surface area contributed by atoms with Crippen molar-refractivity contribution in [1.29, 1.82) is 0 Å². The molecule has 0 aliphatic heterocycles. The van der Waals surface area contributed by atoms with Gasteiger partial charge in [-0.05, 0) is 24.1 Å². The Morgan fingerprint density at radius 1 is 1.55 bits per heavy atom. The van der Waals surface area contributed by atoms with E-state index in [4.69, 9.17) is 23.2 Å². The van der Waals surface area contributed by atoms with Gasteiger partial charge in [-0.25, -0.2) is 0 Å². The van der Waals surface area contributed by atoms with Crippen molar-refractivity contribution in [1.82, 2.24) is 4.98 Å². The molecular formula is C7H5Cl2NO. The highest BCUT2D eigenvalue weighted by molar-refractivity contribution is 6.68. The second-order valence-electron chi connectivity index (χ2n) is 2.09. The van der Waals surface area contributed by atoms with E-state index in [1.165, 1.54) is 6.20 Å². The van der Waals surface area contributed by atoms with Crippen LogP contribution in [0.4, 0.5) is 0 Å². The van der Waals surface area contributed by atoms with Crippen molar-refractivity contribution in [2.75, 3.05) is 0 Å². The van der Waals surface area contributed by atoms with Crippen LogP contribution < -0.4 is 0 Å². The average Bonchev–Trinajstić information content (AvgIpc) is 1.94. The molecule has 0 amide bonds. The molecule has 0 aromatic carbocycles. The maximum atomic E-state index is 10.7. The van der Waals surface area contributed by atoms with Gasteiger partial charge in [0.25, 0.3) is 5.24 Å². The van der Waals surface area contributed by atoms with E-state index < -0.39 is 5.24 Å². The number of rotatable bonds is 1. The van der Waals surface area contributed by atoms with Crippen LogP contribution in [0, 0.1) is 6.92 Å². The van der Waals surface area contributed by atoms with Crippen LogP contribution in [0.25, 0.3) is 0 Å². The van der Waals surface area contributed by atoms with E-state index in [0.29, 0.717) is 5.02 Å². The molecule has 0 aliphatic rings. The molecule has 1 aromatic rings. The molecule has 0 bridgehead atoms. The molecule has 11 heavy (non-hydrogen) atoms. The number of halogens is 2. The van der Waals surface area contributed by atoms with E-state index in [2.05, 4.69) is 4.98 Å². The summed E-state index contributed by atoms with van der Waals surface area (Å²) in [6.45, 7) is 1.76. The minimum atomic E-state index is -0.578. The second kappa shape index (κ2) is 3.20. The van der Waals surface area contributed by atoms with Crippen LogP contribution in [-0.4, -0.2) is 10.2 Å². The Kier molecular flexibility index (Phi) is 2.47. The molecule has 1 aromatic heterocycles. The number of hydrogen-bond acceptors (Lipinski definition) is 2. The minimum absolute atomic E-state index is 0.258. The van der Waals surface area contributed by atoms with Gasteiger partial charge in [-0.15, -0.1) is 0 Å². The van der Waals surface area contributed by atoms with Crippen molar-refractivity contribution in [2.45, 2.75) is 6.92 Å². The Morgan fingerprint density at radius 2 is 2.18 bits per heavy atom. The molecule has 0 spiro atoms. The van der Waals surface area contributed by atoms with Crippen LogP contribution in [-0.2, 0) is 0 Å². The Labute approximate surface area is 74.1 Å². The van der Waals surface area contributed by atoms with E-state index in [1.54, 1.807) is 13.1 Å². The van der Waals surface area contributed by atoms with Gasteiger partial charge in [0.1, 0.15) is 0 Å². The van der Waals surface area contributed by atoms with E-state index in [9.17, 15) is 4.79 Å². The highest BCUT2D eigenvalue weighted by Crippen LogP contribution is 2.19. The zero-order valence-corrected chi connectivity index (χ0v) is 7.28. The summed E-state index contributed by atoms with van der Waals surface area (Å²) in [4.78, 5) is 14.4. The summed E-state index contributed by atoms with van der Waals surface area (Å²) in [6, 6.07) is 0. The van der Waals surface area contributed by atoms with Crippen molar-refractivity contribution in [3.05, 3.63) is 28.5 Å². The fourth-order valence-corrected chi connectivity index (χ4v) is 1.06. The molecule has 1 heterocycles. The van der Waals surface area contributed by atoms with Crippen molar-refractivity contribution in [3.63, 3.8) is 0 Å². The molecule has 0 saturated carbocycles. The monoisotopic (exact) mass is 189 g/mol. The van der Waals surface area contributed by atoms with Crippen LogP contribution in [0.5, 0.6) is 0 Å². The first-order chi connectivity index (χ1) is 5.13. The molecule has 4 heteroatoms. The normalized spacial score (nSPS) is 9.73. The zero-order valence-electron chi connectivity index (χ0n) is 5.77. The lowest BCUT2D eigenvalue weighted by Crippen LogP contribution is -1.93. The Hall–Kier alpha value is -0.600. The SMILES string of the molecule is Cc1cncc(C(=O)Cl)c1Cl. The van der Waals surface area contributed by atoms with Gasteiger partial charge in [0.05, 0.1) is 10.6 Å². The molecule has 0 atom stereocenters. The lowest BCUT2D eigenvalue weighted by atomic mass is 10.2. The highest BCUT2D eigenvalue weighted by atomic mass is 35.5. The van der Waals surface area contributed by atoms with Crippen LogP contribution in [0.1, 0.15) is 15.9 Å². The summed E-state index contributed by atoms with van der Waals surface area (Å²) in [7, 11) is 0. The lowest BCUT2D eigenvalue weighted by molar-refractivity contribution is 0.108. The average molecular weight is 190 g/mol. The molecule has 0 aliphatic carbocycles. The van der Waals surface area contributed by atoms with Crippen molar-refractivity contribution in [3.8, 4) is 0 Å². The third-order valence-electron chi connectivity index (χ3n) is 1.27. The Balaban J connectivity index is 3.27. The number of pyridine rings is 1. The molecule has 0 fully saturated rings. The summed E-state index contributed by atoms with van der Waals surface area (Å²) < 4.78 is 0. The molecule has 1 rings (SSSR count). The maximum Gasteiger partial charge on any atom is 0.255 e. The van der Waals surface area contributed by atoms with Crippen molar-refractivity contribution < 1.29 is 4.79 Å². The minimum Gasteiger partial charge on any atom is -0.275 e. The van der Waals surface area contributed by atoms with Gasteiger partial charge < -0.3 is 0 Å². The lowest BCUT2D eigenvalue weighted by Gasteiger charge is -1.99. The first-order valence-corrected chi connectivity index (χ1v) is 3.68. The maximum absolute atomic E-state index is 10.7. The van der Waals surface area contributed by atoms with Crippen LogP contribution in [0.3, 0.4) is 0 Å². The largest absolute Gasteiger partial charge is 0.275 e. The van der Waals surface area contributed by atoms with Gasteiger partial charge in [-0.1, -0.05) is 11.6 Å². The number of carbonyl (C=O) groups is 1. The summed E-state index contributed by atoms with van der Waals surface area (Å²) in [5.74, 6) is 0. The third-order valence-corrected chi connectivity index (χ3v) is 1.97. The summed E-state index contributed by atoms with van der Waals surface area (Å²) in [6.07, 6.45) is 2.93. The molecule has 0 saturated heterocycles. The number of carbonyl (C=O) groups excluding carboxylic acids is 1. The molecule has 0 N–H and O–H groups in total. The quantitative estimate of drug-likeness (QED) is 0.636. The molecule has 58 valence electrons. The van der Waals surface area contributed by atoms with Gasteiger partial charge in [0.2, 0.25) is 0 Å². The highest BCUT2D eigenvalue weighted by Gasteiger charge is 2.08. The van der Waals surface area contributed by atoms with Gasteiger partial charge in [-0.2, -0.15) is 0 Å². The van der Waals surface area contributed by atoms with Gasteiger partial charge in [0.15, 0.2) is 0 Å². The predicted molar refractivity (Wildman–Crippen MR) is 44.2 cm³/mol. The van der Waals surface area contributed by atoms with Crippen LogP contribution in [0.15, 0.2) is 12.4 Å². The van der Waals surface area contributed by atoms with Crippen LogP contribution >= 0.6 is 23.2 Å². The number of nitrogens with zero attached hydrogens (tertiary/aromatic N) is 1. The van der Waals surface area contributed by atoms with Crippen LogP contribution in [0.2, 0.25) is 5.02 Å². The van der Waals surface area contributed by atoms with Crippen molar-refractivity contribution >= 4 is 28.4 Å². The molecule has 0 unspecified atom stereocenters. The predicted octanol–water partition coefficient (Wildman–Crippen LogP) is 2.42. The van der Waals surface area contributed by atoms with E-state index in [-0.39, 0.29) is 5.56 Å². The molecule has 2 nitrogen and oxygen atoms in total. The molecule has 0 radical (unpaired) electrons. The Morgan fingerprint density at radius 3 is 2.64 bits per heavy atom. The smallest absolute Gasteiger partial charge is 0.255 e. The second-order valence-corrected chi connectivity index (χ2v) is 2.81. The van der Waals surface area contributed by atoms with Gasteiger partial charge in [0, 0.05) is 12.4 Å². The summed E-state index contributed by atoms with van der Waals surface area (Å²) in [5.41, 5.74) is 1.01. The summed E-state index contributed by atoms with van der Waals surface area (Å²) in [5, 5.41) is -0.203. The summed E-state index contributed by atoms with van der Waals surface area (Å²) >= 11 is 11.0. The number of aromatic nitrogens is 1. The number of aryl methyl sites for hydroxylation is 1. The topological polar surface area (TPSA) is 30.0 Å². The van der Waals surface area contributed by atoms with Gasteiger partial charge >= 0.3 is 0 Å². The van der Waals surface area contributed by atoms with Gasteiger partial charge in [-0.3, -0.25) is 9.78 Å².